The van der Waals surface area contributed by atoms with Crippen molar-refractivity contribution in [1.29, 1.82) is 0 Å². The summed E-state index contributed by atoms with van der Waals surface area (Å²) >= 11 is 0. The monoisotopic (exact) mass is 427 g/mol. The van der Waals surface area contributed by atoms with Crippen LogP contribution < -0.4 is 9.62 Å². The molecule has 30 heavy (non-hydrogen) atoms. The summed E-state index contributed by atoms with van der Waals surface area (Å²) in [7, 11) is -3.79. The molecule has 4 rings (SSSR count). The molecular weight excluding hydrogens is 405 g/mol. The van der Waals surface area contributed by atoms with Gasteiger partial charge >= 0.3 is 0 Å². The minimum Gasteiger partial charge on any atom is -0.354 e. The topological polar surface area (TPSA) is 78.4 Å². The molecule has 0 bridgehead atoms. The van der Waals surface area contributed by atoms with E-state index in [4.69, 9.17) is 0 Å². The van der Waals surface area contributed by atoms with Gasteiger partial charge in [0, 0.05) is 45.1 Å². The van der Waals surface area contributed by atoms with Crippen LogP contribution in [0.15, 0.2) is 72.0 Å². The molecule has 0 radical (unpaired) electrons. The van der Waals surface area contributed by atoms with Crippen LogP contribution in [0.4, 0.5) is 15.9 Å². The maximum atomic E-state index is 13.0. The van der Waals surface area contributed by atoms with Gasteiger partial charge in [-0.2, -0.15) is 0 Å². The number of rotatable bonds is 6. The summed E-state index contributed by atoms with van der Waals surface area (Å²) in [6.45, 7) is 4.43. The third-order valence-corrected chi connectivity index (χ3v) is 6.37. The zero-order valence-corrected chi connectivity index (χ0v) is 17.1. The molecule has 7 nitrogen and oxygen atoms in total. The molecule has 1 aliphatic rings. The van der Waals surface area contributed by atoms with Crippen molar-refractivity contribution in [2.75, 3.05) is 35.8 Å². The highest BCUT2D eigenvalue weighted by atomic mass is 32.2. The van der Waals surface area contributed by atoms with Crippen LogP contribution in [-0.2, 0) is 16.6 Å². The average Bonchev–Trinajstić information content (AvgIpc) is 2.76. The molecule has 2 aromatic heterocycles. The number of nitrogens with one attached hydrogen (secondary N) is 1. The van der Waals surface area contributed by atoms with Crippen molar-refractivity contribution in [3.05, 3.63) is 78.5 Å². The smallest absolute Gasteiger partial charge is 0.261 e. The second-order valence-corrected chi connectivity index (χ2v) is 8.77. The van der Waals surface area contributed by atoms with Crippen LogP contribution in [-0.4, -0.2) is 49.5 Å². The number of hydrogen-bond acceptors (Lipinski definition) is 6. The van der Waals surface area contributed by atoms with Crippen LogP contribution in [0.2, 0.25) is 0 Å². The summed E-state index contributed by atoms with van der Waals surface area (Å²) < 4.78 is 40.3. The molecule has 1 N–H and O–H groups in total. The SMILES string of the molecule is O=S(=O)(Nc1ccc(N2CCN(Cc3ccncc3)CC2)nc1)c1ccc(F)cc1. The highest BCUT2D eigenvalue weighted by molar-refractivity contribution is 7.92. The molecule has 0 atom stereocenters. The van der Waals surface area contributed by atoms with Crippen molar-refractivity contribution < 1.29 is 12.8 Å². The fourth-order valence-corrected chi connectivity index (χ4v) is 4.39. The van der Waals surface area contributed by atoms with Crippen LogP contribution >= 0.6 is 0 Å². The molecule has 0 spiro atoms. The third kappa shape index (κ3) is 4.92. The second-order valence-electron chi connectivity index (χ2n) is 7.08. The van der Waals surface area contributed by atoms with Crippen LogP contribution in [0.1, 0.15) is 5.56 Å². The van der Waals surface area contributed by atoms with E-state index in [0.717, 1.165) is 50.7 Å². The number of pyridine rings is 2. The Bertz CT molecular complexity index is 1070. The number of anilines is 2. The van der Waals surface area contributed by atoms with Gasteiger partial charge in [0.05, 0.1) is 16.8 Å². The summed E-state index contributed by atoms with van der Waals surface area (Å²) in [5.74, 6) is 0.323. The molecule has 156 valence electrons. The zero-order chi connectivity index (χ0) is 21.0. The summed E-state index contributed by atoms with van der Waals surface area (Å²) in [5.41, 5.74) is 1.61. The Morgan fingerprint density at radius 2 is 1.63 bits per heavy atom. The van der Waals surface area contributed by atoms with E-state index in [9.17, 15) is 12.8 Å². The highest BCUT2D eigenvalue weighted by Crippen LogP contribution is 2.20. The Hall–Kier alpha value is -3.04. The second kappa shape index (κ2) is 8.76. The number of benzene rings is 1. The summed E-state index contributed by atoms with van der Waals surface area (Å²) in [6.07, 6.45) is 5.11. The maximum Gasteiger partial charge on any atom is 0.261 e. The predicted octanol–water partition coefficient (Wildman–Crippen LogP) is 2.74. The molecule has 0 saturated carbocycles. The molecule has 0 amide bonds. The summed E-state index contributed by atoms with van der Waals surface area (Å²) in [4.78, 5) is 13.0. The number of hydrogen-bond donors (Lipinski definition) is 1. The average molecular weight is 428 g/mol. The van der Waals surface area contributed by atoms with E-state index in [1.54, 1.807) is 24.5 Å². The van der Waals surface area contributed by atoms with Crippen molar-refractivity contribution in [3.8, 4) is 0 Å². The van der Waals surface area contributed by atoms with Gasteiger partial charge in [0.15, 0.2) is 0 Å². The van der Waals surface area contributed by atoms with E-state index in [0.29, 0.717) is 5.69 Å². The first-order valence-electron chi connectivity index (χ1n) is 9.60. The Morgan fingerprint density at radius 1 is 0.933 bits per heavy atom. The molecule has 0 unspecified atom stereocenters. The quantitative estimate of drug-likeness (QED) is 0.652. The molecule has 1 aliphatic heterocycles. The van der Waals surface area contributed by atoms with Crippen LogP contribution in [0.5, 0.6) is 0 Å². The van der Waals surface area contributed by atoms with Crippen molar-refractivity contribution in [1.82, 2.24) is 14.9 Å². The largest absolute Gasteiger partial charge is 0.354 e. The number of sulfonamides is 1. The van der Waals surface area contributed by atoms with Crippen molar-refractivity contribution in [3.63, 3.8) is 0 Å². The highest BCUT2D eigenvalue weighted by Gasteiger charge is 2.19. The van der Waals surface area contributed by atoms with Gasteiger partial charge in [-0.3, -0.25) is 14.6 Å². The van der Waals surface area contributed by atoms with E-state index in [1.165, 1.54) is 23.9 Å². The molecule has 0 aliphatic carbocycles. The normalized spacial score (nSPS) is 15.2. The summed E-state index contributed by atoms with van der Waals surface area (Å²) in [5, 5.41) is 0. The van der Waals surface area contributed by atoms with Crippen molar-refractivity contribution in [2.45, 2.75) is 11.4 Å². The van der Waals surface area contributed by atoms with Crippen molar-refractivity contribution in [2.24, 2.45) is 0 Å². The van der Waals surface area contributed by atoms with Crippen LogP contribution in [0.3, 0.4) is 0 Å². The third-order valence-electron chi connectivity index (χ3n) is 4.98. The first-order chi connectivity index (χ1) is 14.5. The van der Waals surface area contributed by atoms with Gasteiger partial charge in [0.1, 0.15) is 11.6 Å². The first kappa shape index (κ1) is 20.2. The Morgan fingerprint density at radius 3 is 2.27 bits per heavy atom. The van der Waals surface area contributed by atoms with E-state index in [2.05, 4.69) is 24.5 Å². The molecule has 3 heterocycles. The first-order valence-corrected chi connectivity index (χ1v) is 11.1. The van der Waals surface area contributed by atoms with Gasteiger partial charge in [-0.25, -0.2) is 17.8 Å². The lowest BCUT2D eigenvalue weighted by Crippen LogP contribution is -2.46. The maximum absolute atomic E-state index is 13.0. The van der Waals surface area contributed by atoms with Gasteiger partial charge in [0.2, 0.25) is 0 Å². The van der Waals surface area contributed by atoms with Gasteiger partial charge < -0.3 is 4.90 Å². The molecule has 3 aromatic rings. The lowest BCUT2D eigenvalue weighted by molar-refractivity contribution is 0.249. The lowest BCUT2D eigenvalue weighted by atomic mass is 10.2. The standard InChI is InChI=1S/C21H22FN5O2S/c22-18-1-4-20(5-2-18)30(28,29)25-19-3-6-21(24-15-19)27-13-11-26(12-14-27)16-17-7-9-23-10-8-17/h1-10,15,25H,11-14,16H2. The molecule has 1 aromatic carbocycles. The number of piperazine rings is 1. The van der Waals surface area contributed by atoms with E-state index in [1.807, 2.05) is 12.1 Å². The van der Waals surface area contributed by atoms with Gasteiger partial charge in [-0.1, -0.05) is 0 Å². The fourth-order valence-electron chi connectivity index (χ4n) is 3.34. The van der Waals surface area contributed by atoms with Crippen LogP contribution in [0, 0.1) is 5.82 Å². The van der Waals surface area contributed by atoms with E-state index < -0.39 is 15.8 Å². The van der Waals surface area contributed by atoms with Gasteiger partial charge in [-0.15, -0.1) is 0 Å². The molecular formula is C21H22FN5O2S. The van der Waals surface area contributed by atoms with E-state index >= 15 is 0 Å². The van der Waals surface area contributed by atoms with Crippen LogP contribution in [0.25, 0.3) is 0 Å². The molecule has 1 fully saturated rings. The Labute approximate surface area is 175 Å². The molecule has 1 saturated heterocycles. The van der Waals surface area contributed by atoms with Gasteiger partial charge in [0.25, 0.3) is 10.0 Å². The zero-order valence-electron chi connectivity index (χ0n) is 16.3. The van der Waals surface area contributed by atoms with Crippen molar-refractivity contribution >= 4 is 21.5 Å². The lowest BCUT2D eigenvalue weighted by Gasteiger charge is -2.35. The minimum atomic E-state index is -3.79. The fraction of sp³-hybridized carbons (Fsp3) is 0.238. The predicted molar refractivity (Wildman–Crippen MR) is 113 cm³/mol. The number of halogens is 1. The number of aromatic nitrogens is 2. The van der Waals surface area contributed by atoms with Gasteiger partial charge in [-0.05, 0) is 54.1 Å². The summed E-state index contributed by atoms with van der Waals surface area (Å²) in [6, 6.07) is 12.2. The van der Waals surface area contributed by atoms with E-state index in [-0.39, 0.29) is 4.90 Å². The molecule has 9 heteroatoms. The Balaban J connectivity index is 1.34. The number of nitrogens with zero attached hydrogens (tertiary/aromatic N) is 4. The minimum absolute atomic E-state index is 0.00158. The Kier molecular flexibility index (Phi) is 5.91.